The van der Waals surface area contributed by atoms with Crippen molar-refractivity contribution in [3.8, 4) is 5.75 Å². The fourth-order valence-corrected chi connectivity index (χ4v) is 6.41. The topological polar surface area (TPSA) is 21.6 Å². The average molecular weight is 390 g/mol. The van der Waals surface area contributed by atoms with E-state index in [1.165, 1.54) is 26.6 Å². The van der Waals surface area contributed by atoms with Crippen LogP contribution in [-0.2, 0) is 0 Å². The second-order valence-electron chi connectivity index (χ2n) is 6.69. The van der Waals surface area contributed by atoms with Gasteiger partial charge in [-0.05, 0) is 35.9 Å². The SMILES string of the molecule is COc1ccc([C@@H]2Sc3ccccc3N=C3c4ccccc4SC[C@H]32)cc1. The lowest BCUT2D eigenvalue weighted by Crippen LogP contribution is -2.27. The van der Waals surface area contributed by atoms with Crippen LogP contribution in [0, 0.1) is 5.92 Å². The van der Waals surface area contributed by atoms with Gasteiger partial charge in [-0.1, -0.05) is 42.5 Å². The summed E-state index contributed by atoms with van der Waals surface area (Å²) in [5.74, 6) is 2.32. The summed E-state index contributed by atoms with van der Waals surface area (Å²) < 4.78 is 5.36. The predicted octanol–water partition coefficient (Wildman–Crippen LogP) is 6.38. The van der Waals surface area contributed by atoms with Crippen LogP contribution in [0.2, 0.25) is 0 Å². The zero-order valence-corrected chi connectivity index (χ0v) is 16.6. The zero-order chi connectivity index (χ0) is 18.2. The van der Waals surface area contributed by atoms with Gasteiger partial charge in [-0.2, -0.15) is 0 Å². The molecule has 2 nitrogen and oxygen atoms in total. The highest BCUT2D eigenvalue weighted by Gasteiger charge is 2.36. The summed E-state index contributed by atoms with van der Waals surface area (Å²) in [6, 6.07) is 25.7. The van der Waals surface area contributed by atoms with Crippen molar-refractivity contribution >= 4 is 34.9 Å². The monoisotopic (exact) mass is 389 g/mol. The molecule has 2 heterocycles. The Morgan fingerprint density at radius 3 is 2.44 bits per heavy atom. The Hall–Kier alpha value is -2.17. The van der Waals surface area contributed by atoms with Crippen molar-refractivity contribution in [2.45, 2.75) is 15.0 Å². The molecule has 0 fully saturated rings. The molecule has 27 heavy (non-hydrogen) atoms. The van der Waals surface area contributed by atoms with Crippen molar-refractivity contribution in [1.29, 1.82) is 0 Å². The van der Waals surface area contributed by atoms with Gasteiger partial charge in [0.15, 0.2) is 0 Å². The molecule has 0 saturated carbocycles. The van der Waals surface area contributed by atoms with Gasteiger partial charge in [-0.25, -0.2) is 0 Å². The van der Waals surface area contributed by atoms with Crippen molar-refractivity contribution in [1.82, 2.24) is 0 Å². The van der Waals surface area contributed by atoms with Gasteiger partial charge in [0.2, 0.25) is 0 Å². The molecule has 0 N–H and O–H groups in total. The number of fused-ring (bicyclic) bond motifs is 4. The maximum Gasteiger partial charge on any atom is 0.118 e. The van der Waals surface area contributed by atoms with E-state index in [-0.39, 0.29) is 0 Å². The van der Waals surface area contributed by atoms with Crippen LogP contribution in [0.3, 0.4) is 0 Å². The molecule has 0 amide bonds. The molecular weight excluding hydrogens is 370 g/mol. The van der Waals surface area contributed by atoms with E-state index in [0.717, 1.165) is 17.2 Å². The molecule has 3 aromatic rings. The number of thioether (sulfide) groups is 2. The van der Waals surface area contributed by atoms with Crippen LogP contribution < -0.4 is 4.74 Å². The first-order valence-electron chi connectivity index (χ1n) is 9.04. The Balaban J connectivity index is 1.66. The molecule has 0 unspecified atom stereocenters. The molecule has 0 aromatic heterocycles. The van der Waals surface area contributed by atoms with E-state index >= 15 is 0 Å². The molecule has 0 spiro atoms. The van der Waals surface area contributed by atoms with E-state index in [9.17, 15) is 0 Å². The lowest BCUT2D eigenvalue weighted by Gasteiger charge is -2.31. The summed E-state index contributed by atoms with van der Waals surface area (Å²) >= 11 is 3.89. The van der Waals surface area contributed by atoms with Gasteiger partial charge >= 0.3 is 0 Å². The summed E-state index contributed by atoms with van der Waals surface area (Å²) in [4.78, 5) is 7.76. The molecular formula is C23H19NOS2. The largest absolute Gasteiger partial charge is 0.497 e. The maximum atomic E-state index is 5.36. The third kappa shape index (κ3) is 3.07. The molecule has 4 heteroatoms. The minimum atomic E-state index is 0.333. The third-order valence-electron chi connectivity index (χ3n) is 5.10. The fraction of sp³-hybridized carbons (Fsp3) is 0.174. The number of ether oxygens (including phenoxy) is 1. The Morgan fingerprint density at radius 2 is 1.63 bits per heavy atom. The van der Waals surface area contributed by atoms with Crippen LogP contribution in [0.5, 0.6) is 5.75 Å². The van der Waals surface area contributed by atoms with Crippen LogP contribution in [0.4, 0.5) is 5.69 Å². The summed E-state index contributed by atoms with van der Waals surface area (Å²) in [5.41, 5.74) is 4.92. The summed E-state index contributed by atoms with van der Waals surface area (Å²) in [7, 11) is 1.71. The lowest BCUT2D eigenvalue weighted by molar-refractivity contribution is 0.414. The predicted molar refractivity (Wildman–Crippen MR) is 115 cm³/mol. The quantitative estimate of drug-likeness (QED) is 0.507. The highest BCUT2D eigenvalue weighted by atomic mass is 32.2. The van der Waals surface area contributed by atoms with E-state index in [1.807, 2.05) is 23.5 Å². The molecule has 0 aliphatic carbocycles. The molecule has 0 bridgehead atoms. The summed E-state index contributed by atoms with van der Waals surface area (Å²) in [5, 5.41) is 0.333. The highest BCUT2D eigenvalue weighted by molar-refractivity contribution is 8.00. The highest BCUT2D eigenvalue weighted by Crippen LogP contribution is 2.51. The minimum Gasteiger partial charge on any atom is -0.497 e. The number of nitrogens with zero attached hydrogens (tertiary/aromatic N) is 1. The van der Waals surface area contributed by atoms with E-state index in [2.05, 4.69) is 72.8 Å². The van der Waals surface area contributed by atoms with Crippen molar-refractivity contribution in [2.75, 3.05) is 12.9 Å². The van der Waals surface area contributed by atoms with Crippen LogP contribution in [-0.4, -0.2) is 18.6 Å². The Labute approximate surface area is 168 Å². The molecule has 3 aromatic carbocycles. The number of rotatable bonds is 2. The van der Waals surface area contributed by atoms with E-state index in [1.54, 1.807) is 7.11 Å². The van der Waals surface area contributed by atoms with E-state index in [0.29, 0.717) is 11.2 Å². The second-order valence-corrected chi connectivity index (χ2v) is 8.94. The first-order valence-corrected chi connectivity index (χ1v) is 10.9. The molecule has 2 aliphatic heterocycles. The number of hydrogen-bond donors (Lipinski definition) is 0. The maximum absolute atomic E-state index is 5.36. The molecule has 5 rings (SSSR count). The first kappa shape index (κ1) is 17.0. The third-order valence-corrected chi connectivity index (χ3v) is 7.75. The van der Waals surface area contributed by atoms with Crippen LogP contribution in [0.1, 0.15) is 16.4 Å². The molecule has 2 aliphatic rings. The van der Waals surface area contributed by atoms with Gasteiger partial charge < -0.3 is 4.74 Å². The zero-order valence-electron chi connectivity index (χ0n) is 15.0. The van der Waals surface area contributed by atoms with Crippen molar-refractivity contribution in [3.63, 3.8) is 0 Å². The van der Waals surface area contributed by atoms with Crippen LogP contribution >= 0.6 is 23.5 Å². The van der Waals surface area contributed by atoms with Crippen LogP contribution in [0.15, 0.2) is 87.6 Å². The van der Waals surface area contributed by atoms with Gasteiger partial charge in [0.1, 0.15) is 5.75 Å². The summed E-state index contributed by atoms with van der Waals surface area (Å²) in [6.07, 6.45) is 0. The lowest BCUT2D eigenvalue weighted by atomic mass is 9.90. The van der Waals surface area contributed by atoms with Gasteiger partial charge in [-0.3, -0.25) is 4.99 Å². The first-order chi connectivity index (χ1) is 13.3. The molecule has 2 atom stereocenters. The van der Waals surface area contributed by atoms with Crippen LogP contribution in [0.25, 0.3) is 0 Å². The standard InChI is InChI=1S/C23H19NOS2/c1-25-16-12-10-15(11-13-16)23-18-14-26-20-8-4-2-6-17(20)22(18)24-19-7-3-5-9-21(19)27-23/h2-13,18,23H,14H2,1H3/t18-,23+/m1/s1. The number of hydrogen-bond acceptors (Lipinski definition) is 4. The minimum absolute atomic E-state index is 0.333. The van der Waals surface area contributed by atoms with Crippen molar-refractivity contribution in [3.05, 3.63) is 83.9 Å². The van der Waals surface area contributed by atoms with Gasteiger partial charge in [0.25, 0.3) is 0 Å². The Bertz CT molecular complexity index is 1010. The smallest absolute Gasteiger partial charge is 0.118 e. The Morgan fingerprint density at radius 1 is 0.889 bits per heavy atom. The average Bonchev–Trinajstić information content (AvgIpc) is 2.91. The van der Waals surface area contributed by atoms with Gasteiger partial charge in [-0.15, -0.1) is 23.5 Å². The molecule has 0 radical (unpaired) electrons. The second kappa shape index (κ2) is 7.10. The number of aliphatic imine (C=N–C) groups is 1. The molecule has 0 saturated heterocycles. The number of benzene rings is 3. The van der Waals surface area contributed by atoms with Gasteiger partial charge in [0, 0.05) is 32.3 Å². The summed E-state index contributed by atoms with van der Waals surface area (Å²) in [6.45, 7) is 0. The van der Waals surface area contributed by atoms with Crippen molar-refractivity contribution in [2.24, 2.45) is 10.9 Å². The molecule has 134 valence electrons. The Kier molecular flexibility index (Phi) is 4.46. The van der Waals surface area contributed by atoms with E-state index < -0.39 is 0 Å². The number of para-hydroxylation sites is 1. The normalized spacial score (nSPS) is 20.6. The number of methoxy groups -OCH3 is 1. The van der Waals surface area contributed by atoms with E-state index in [4.69, 9.17) is 9.73 Å². The fourth-order valence-electron chi connectivity index (χ4n) is 3.73. The van der Waals surface area contributed by atoms with Crippen molar-refractivity contribution < 1.29 is 4.74 Å². The van der Waals surface area contributed by atoms with Gasteiger partial charge in [0.05, 0.1) is 18.5 Å².